The van der Waals surface area contributed by atoms with Gasteiger partial charge in [-0.25, -0.2) is 15.2 Å². The second-order valence-corrected chi connectivity index (χ2v) is 18.4. The minimum absolute atomic E-state index is 0.0838. The smallest absolute Gasteiger partial charge is 0.410 e. The van der Waals surface area contributed by atoms with Crippen LogP contribution in [0.15, 0.2) is 41.9 Å². The summed E-state index contributed by atoms with van der Waals surface area (Å²) in [5, 5.41) is 8.06. The Bertz CT molecular complexity index is 2250. The van der Waals surface area contributed by atoms with Gasteiger partial charge in [-0.3, -0.25) is 29.3 Å². The molecule has 6 heterocycles. The first-order valence-electron chi connectivity index (χ1n) is 21.3. The molecule has 7 rings (SSSR count). The highest BCUT2D eigenvalue weighted by atomic mass is 32.1. The fraction of sp³-hybridized carbons (Fsp3) is 0.556. The van der Waals surface area contributed by atoms with Gasteiger partial charge in [-0.05, 0) is 68.9 Å². The molecule has 0 aliphatic carbocycles. The molecule has 61 heavy (non-hydrogen) atoms. The standard InChI is InChI=1S/C45H59N7O8S/c1-9-51-36-15-14-28-20-31(36)32(40(51)30-12-10-17-46-38(30)27(4)57-8)22-45(5,6)25-59-43(55)33-13-11-18-52(49-33)42(54)34(21-37-47-35(28)24-61-37)48-41(53)39(26(2)3)50(7)44(56)60-29-16-19-58-23-29/h10,12,14-15,17,20,24,26-27,29,33-34,39,49H,9,11,13,16,18-19,21-23,25H2,1-8H3,(H,48,53)/t27-,29-,33-,34-,39?/m0/s1. The molecule has 2 fully saturated rings. The van der Waals surface area contributed by atoms with Gasteiger partial charge in [0.15, 0.2) is 0 Å². The van der Waals surface area contributed by atoms with Gasteiger partial charge in [0.25, 0.3) is 5.91 Å². The van der Waals surface area contributed by atoms with Crippen molar-refractivity contribution >= 4 is 46.1 Å². The molecular formula is C45H59N7O8S. The number of hydrogen-bond acceptors (Lipinski definition) is 12. The number of amides is 3. The van der Waals surface area contributed by atoms with Gasteiger partial charge in [-0.2, -0.15) is 0 Å². The second-order valence-electron chi connectivity index (χ2n) is 17.4. The molecule has 1 unspecified atom stereocenters. The average molecular weight is 858 g/mol. The monoisotopic (exact) mass is 857 g/mol. The quantitative estimate of drug-likeness (QED) is 0.187. The predicted molar refractivity (Wildman–Crippen MR) is 231 cm³/mol. The molecule has 15 nitrogen and oxygen atoms in total. The minimum atomic E-state index is -1.07. The molecule has 5 atom stereocenters. The first kappa shape index (κ1) is 44.2. The predicted octanol–water partition coefficient (Wildman–Crippen LogP) is 6.08. The first-order valence-corrected chi connectivity index (χ1v) is 22.2. The molecule has 2 N–H and O–H groups in total. The number of carbonyl (C=O) groups excluding carboxylic acids is 4. The van der Waals surface area contributed by atoms with Crippen molar-refractivity contribution in [2.24, 2.45) is 11.3 Å². The van der Waals surface area contributed by atoms with Crippen LogP contribution in [0.25, 0.3) is 33.4 Å². The van der Waals surface area contributed by atoms with E-state index in [1.165, 1.54) is 28.3 Å². The number of esters is 1. The molecule has 3 aliphatic heterocycles. The van der Waals surface area contributed by atoms with Gasteiger partial charge in [0.05, 0.1) is 48.0 Å². The molecule has 4 aromatic rings. The van der Waals surface area contributed by atoms with Gasteiger partial charge in [-0.1, -0.05) is 33.8 Å². The summed E-state index contributed by atoms with van der Waals surface area (Å²) in [6, 6.07) is 7.63. The Kier molecular flexibility index (Phi) is 13.5. The van der Waals surface area contributed by atoms with E-state index in [1.807, 2.05) is 32.2 Å². The maximum Gasteiger partial charge on any atom is 0.410 e. The Labute approximate surface area is 361 Å². The summed E-state index contributed by atoms with van der Waals surface area (Å²) in [6.45, 7) is 14.0. The van der Waals surface area contributed by atoms with Crippen LogP contribution in [0.2, 0.25) is 0 Å². The zero-order valence-corrected chi connectivity index (χ0v) is 37.3. The Morgan fingerprint density at radius 2 is 1.97 bits per heavy atom. The number of methoxy groups -OCH3 is 1. The number of cyclic esters (lactones) is 1. The van der Waals surface area contributed by atoms with E-state index >= 15 is 0 Å². The topological polar surface area (TPSA) is 166 Å². The van der Waals surface area contributed by atoms with E-state index in [1.54, 1.807) is 13.3 Å². The maximum atomic E-state index is 14.5. The Hall–Kier alpha value is -4.90. The third-order valence-electron chi connectivity index (χ3n) is 11.9. The number of hydrazine groups is 1. The number of rotatable bonds is 9. The molecule has 1 aromatic carbocycles. The van der Waals surface area contributed by atoms with Crippen molar-refractivity contribution in [2.75, 3.05) is 40.5 Å². The number of pyridine rings is 1. The number of thiazole rings is 1. The Morgan fingerprint density at radius 3 is 2.69 bits per heavy atom. The first-order chi connectivity index (χ1) is 29.2. The van der Waals surface area contributed by atoms with E-state index in [0.29, 0.717) is 57.0 Å². The number of likely N-dealkylation sites (N-methyl/N-ethyl adjacent to an activating group) is 1. The number of aryl methyl sites for hydroxylation is 1. The molecule has 6 bridgehead atoms. The third-order valence-corrected chi connectivity index (χ3v) is 12.8. The van der Waals surface area contributed by atoms with Crippen LogP contribution in [0.3, 0.4) is 0 Å². The molecule has 328 valence electrons. The summed E-state index contributed by atoms with van der Waals surface area (Å²) in [4.78, 5) is 66.9. The highest BCUT2D eigenvalue weighted by Gasteiger charge is 2.39. The summed E-state index contributed by atoms with van der Waals surface area (Å²) in [7, 11) is 3.21. The van der Waals surface area contributed by atoms with Crippen molar-refractivity contribution in [3.8, 4) is 22.5 Å². The summed E-state index contributed by atoms with van der Waals surface area (Å²) in [6.07, 6.45) is 2.79. The lowest BCUT2D eigenvalue weighted by Gasteiger charge is -2.36. The molecular weight excluding hydrogens is 799 g/mol. The second kappa shape index (κ2) is 18.6. The van der Waals surface area contributed by atoms with Gasteiger partial charge >= 0.3 is 12.1 Å². The number of nitrogens with zero attached hydrogens (tertiary/aromatic N) is 5. The largest absolute Gasteiger partial charge is 0.464 e. The van der Waals surface area contributed by atoms with Gasteiger partial charge in [0, 0.05) is 79.1 Å². The molecule has 0 spiro atoms. The van der Waals surface area contributed by atoms with Crippen molar-refractivity contribution in [1.29, 1.82) is 0 Å². The molecule has 16 heteroatoms. The van der Waals surface area contributed by atoms with Crippen molar-refractivity contribution in [3.05, 3.63) is 58.2 Å². The summed E-state index contributed by atoms with van der Waals surface area (Å²) < 4.78 is 25.2. The summed E-state index contributed by atoms with van der Waals surface area (Å²) >= 11 is 1.41. The zero-order chi connectivity index (χ0) is 43.6. The van der Waals surface area contributed by atoms with Crippen molar-refractivity contribution in [2.45, 2.75) is 111 Å². The van der Waals surface area contributed by atoms with Crippen LogP contribution in [0.5, 0.6) is 0 Å². The number of carbonyl (C=O) groups is 4. The van der Waals surface area contributed by atoms with Crippen LogP contribution in [-0.2, 0) is 52.7 Å². The SMILES string of the molecule is CCn1c(-c2cccnc2[C@H](C)OC)c2c3cc(ccc31)-c1csc(n1)C[C@H](NC(=O)C(C(C)C)N(C)C(=O)O[C@H]1CCOC1)C(=O)N1CCC[C@H](N1)C(=O)OCC(C)(C)C2. The lowest BCUT2D eigenvalue weighted by Crippen LogP contribution is -2.62. The maximum absolute atomic E-state index is 14.5. The molecule has 0 saturated carbocycles. The van der Waals surface area contributed by atoms with Gasteiger partial charge in [0.2, 0.25) is 5.91 Å². The molecule has 3 aromatic heterocycles. The number of fused-ring (bicyclic) bond motifs is 6. The fourth-order valence-electron chi connectivity index (χ4n) is 8.69. The van der Waals surface area contributed by atoms with Crippen LogP contribution in [0.4, 0.5) is 4.79 Å². The van der Waals surface area contributed by atoms with Gasteiger partial charge in [-0.15, -0.1) is 11.3 Å². The molecule has 3 amide bonds. The lowest BCUT2D eigenvalue weighted by molar-refractivity contribution is -0.155. The van der Waals surface area contributed by atoms with E-state index in [4.69, 9.17) is 28.9 Å². The van der Waals surface area contributed by atoms with E-state index in [9.17, 15) is 19.2 Å². The van der Waals surface area contributed by atoms with Crippen molar-refractivity contribution in [1.82, 2.24) is 35.2 Å². The highest BCUT2D eigenvalue weighted by molar-refractivity contribution is 7.10. The van der Waals surface area contributed by atoms with Crippen LogP contribution in [0.1, 0.15) is 83.2 Å². The van der Waals surface area contributed by atoms with Crippen LogP contribution >= 0.6 is 11.3 Å². The Morgan fingerprint density at radius 1 is 1.16 bits per heavy atom. The number of ether oxygens (including phenoxy) is 4. The van der Waals surface area contributed by atoms with E-state index < -0.39 is 47.4 Å². The normalized spacial score (nSPS) is 21.8. The minimum Gasteiger partial charge on any atom is -0.464 e. The fourth-order valence-corrected chi connectivity index (χ4v) is 9.54. The van der Waals surface area contributed by atoms with Crippen LogP contribution in [0, 0.1) is 11.3 Å². The number of aromatic nitrogens is 3. The van der Waals surface area contributed by atoms with E-state index in [0.717, 1.165) is 44.7 Å². The number of hydrogen-bond donors (Lipinski definition) is 2. The van der Waals surface area contributed by atoms with Crippen molar-refractivity contribution < 1.29 is 38.1 Å². The molecule has 3 aliphatic rings. The zero-order valence-electron chi connectivity index (χ0n) is 36.5. The number of benzene rings is 1. The van der Waals surface area contributed by atoms with Gasteiger partial charge in [0.1, 0.15) is 24.2 Å². The Balaban J connectivity index is 1.29. The summed E-state index contributed by atoms with van der Waals surface area (Å²) in [5.74, 6) is -1.69. The highest BCUT2D eigenvalue weighted by Crippen LogP contribution is 2.42. The number of nitrogens with one attached hydrogen (secondary N) is 2. The van der Waals surface area contributed by atoms with Crippen LogP contribution in [-0.4, -0.2) is 113 Å². The van der Waals surface area contributed by atoms with Crippen LogP contribution < -0.4 is 10.7 Å². The third kappa shape index (κ3) is 9.47. The van der Waals surface area contributed by atoms with E-state index in [-0.39, 0.29) is 31.2 Å². The lowest BCUT2D eigenvalue weighted by atomic mass is 9.84. The van der Waals surface area contributed by atoms with Crippen molar-refractivity contribution in [3.63, 3.8) is 0 Å². The summed E-state index contributed by atoms with van der Waals surface area (Å²) in [5.41, 5.74) is 9.29. The average Bonchev–Trinajstić information content (AvgIpc) is 4.01. The van der Waals surface area contributed by atoms with Gasteiger partial charge < -0.3 is 28.8 Å². The van der Waals surface area contributed by atoms with E-state index in [2.05, 4.69) is 60.3 Å². The molecule has 0 radical (unpaired) electrons. The molecule has 2 saturated heterocycles.